The van der Waals surface area contributed by atoms with Crippen molar-refractivity contribution in [3.8, 4) is 0 Å². The van der Waals surface area contributed by atoms with E-state index < -0.39 is 18.4 Å². The molecule has 0 radical (unpaired) electrons. The monoisotopic (exact) mass is 426 g/mol. The van der Waals surface area contributed by atoms with Gasteiger partial charge in [-0.3, -0.25) is 14.5 Å². The van der Waals surface area contributed by atoms with Crippen LogP contribution in [0.25, 0.3) is 0 Å². The van der Waals surface area contributed by atoms with Crippen molar-refractivity contribution in [3.63, 3.8) is 0 Å². The second-order valence-corrected chi connectivity index (χ2v) is 10.2. The largest absolute Gasteiger partial charge is 0.352 e. The molecule has 4 rings (SSSR count). The van der Waals surface area contributed by atoms with Crippen LogP contribution in [0.1, 0.15) is 51.9 Å². The molecule has 0 aromatic heterocycles. The summed E-state index contributed by atoms with van der Waals surface area (Å²) in [5, 5.41) is 6.37. The van der Waals surface area contributed by atoms with Gasteiger partial charge in [0.1, 0.15) is 12.3 Å². The number of nitrogens with zero attached hydrogens (tertiary/aromatic N) is 2. The Hall–Kier alpha value is -1.28. The molecular weight excluding hydrogens is 390 g/mol. The smallest absolute Gasteiger partial charge is 0.240 e. The first kappa shape index (κ1) is 21.9. The molecule has 8 unspecified atom stereocenters. The second kappa shape index (κ2) is 8.69. The number of likely N-dealkylation sites (N-methyl/N-ethyl adjacent to an activating group) is 1. The zero-order valence-electron chi connectivity index (χ0n) is 18.3. The number of likely N-dealkylation sites (tertiary alicyclic amines) is 1. The van der Waals surface area contributed by atoms with E-state index in [1.807, 2.05) is 23.9 Å². The third-order valence-electron chi connectivity index (χ3n) is 7.90. The second-order valence-electron chi connectivity index (χ2n) is 10.2. The SMILES string of the molecule is CC1CCC(F)C2CC(C(=O)NC3CC(F)CC(N4CC[C@H](N(C)C)C4=O)C3)NC12. The predicted molar refractivity (Wildman–Crippen MR) is 110 cm³/mol. The minimum atomic E-state index is -1.03. The third kappa shape index (κ3) is 4.22. The number of rotatable bonds is 4. The molecule has 4 aliphatic rings. The van der Waals surface area contributed by atoms with E-state index in [4.69, 9.17) is 0 Å². The molecule has 4 fully saturated rings. The van der Waals surface area contributed by atoms with Gasteiger partial charge in [0.2, 0.25) is 11.8 Å². The quantitative estimate of drug-likeness (QED) is 0.718. The van der Waals surface area contributed by atoms with Gasteiger partial charge in [-0.2, -0.15) is 0 Å². The fourth-order valence-electron chi connectivity index (χ4n) is 6.22. The van der Waals surface area contributed by atoms with Crippen LogP contribution >= 0.6 is 0 Å². The van der Waals surface area contributed by atoms with Crippen LogP contribution in [0, 0.1) is 11.8 Å². The van der Waals surface area contributed by atoms with Crippen molar-refractivity contribution in [2.75, 3.05) is 20.6 Å². The molecule has 170 valence electrons. The Morgan fingerprint density at radius 1 is 1.13 bits per heavy atom. The van der Waals surface area contributed by atoms with Crippen molar-refractivity contribution in [1.82, 2.24) is 20.4 Å². The van der Waals surface area contributed by atoms with E-state index in [1.54, 1.807) is 0 Å². The van der Waals surface area contributed by atoms with Gasteiger partial charge >= 0.3 is 0 Å². The maximum atomic E-state index is 14.5. The molecule has 2 aliphatic carbocycles. The number of hydrogen-bond acceptors (Lipinski definition) is 4. The molecule has 2 saturated heterocycles. The molecule has 9 atom stereocenters. The summed E-state index contributed by atoms with van der Waals surface area (Å²) in [6, 6.07) is -0.975. The van der Waals surface area contributed by atoms with E-state index in [-0.39, 0.29) is 48.3 Å². The zero-order chi connectivity index (χ0) is 21.6. The Morgan fingerprint density at radius 3 is 2.57 bits per heavy atom. The van der Waals surface area contributed by atoms with Gasteiger partial charge in [0, 0.05) is 30.6 Å². The van der Waals surface area contributed by atoms with Gasteiger partial charge in [0.15, 0.2) is 0 Å². The summed E-state index contributed by atoms with van der Waals surface area (Å²) >= 11 is 0. The lowest BCUT2D eigenvalue weighted by Crippen LogP contribution is -2.53. The highest BCUT2D eigenvalue weighted by molar-refractivity contribution is 5.84. The standard InChI is InChI=1S/C22H36F2N4O2/c1-12-4-5-17(24)16-11-18(26-20(12)16)21(29)25-14-8-13(23)9-15(10-14)28-7-6-19(22(28)30)27(2)3/h12-20,26H,4-11H2,1-3H3,(H,25,29)/t12?,13?,14?,15?,16?,17?,18?,19-,20?/m0/s1. The van der Waals surface area contributed by atoms with Gasteiger partial charge in [-0.25, -0.2) is 8.78 Å². The first-order valence-corrected chi connectivity index (χ1v) is 11.6. The molecule has 0 aromatic carbocycles. The molecule has 2 N–H and O–H groups in total. The average molecular weight is 427 g/mol. The van der Waals surface area contributed by atoms with Crippen molar-refractivity contribution >= 4 is 11.8 Å². The van der Waals surface area contributed by atoms with Crippen molar-refractivity contribution < 1.29 is 18.4 Å². The number of carbonyl (C=O) groups excluding carboxylic acids is 2. The van der Waals surface area contributed by atoms with Crippen LogP contribution < -0.4 is 10.6 Å². The predicted octanol–water partition coefficient (Wildman–Crippen LogP) is 1.64. The van der Waals surface area contributed by atoms with E-state index in [0.29, 0.717) is 38.1 Å². The fraction of sp³-hybridized carbons (Fsp3) is 0.909. The van der Waals surface area contributed by atoms with Gasteiger partial charge in [-0.1, -0.05) is 6.92 Å². The maximum absolute atomic E-state index is 14.5. The highest BCUT2D eigenvalue weighted by Gasteiger charge is 2.47. The normalized spacial score (nSPS) is 44.4. The minimum Gasteiger partial charge on any atom is -0.352 e. The molecule has 2 heterocycles. The summed E-state index contributed by atoms with van der Waals surface area (Å²) in [5.41, 5.74) is 0. The van der Waals surface area contributed by atoms with Gasteiger partial charge < -0.3 is 15.5 Å². The van der Waals surface area contributed by atoms with Crippen molar-refractivity contribution in [2.24, 2.45) is 11.8 Å². The van der Waals surface area contributed by atoms with Crippen LogP contribution in [0.2, 0.25) is 0 Å². The molecule has 8 heteroatoms. The van der Waals surface area contributed by atoms with Gasteiger partial charge in [-0.15, -0.1) is 0 Å². The lowest BCUT2D eigenvalue weighted by Gasteiger charge is -2.37. The van der Waals surface area contributed by atoms with Crippen LogP contribution in [-0.4, -0.2) is 84.8 Å². The molecule has 2 aliphatic heterocycles. The molecule has 6 nitrogen and oxygen atoms in total. The lowest BCUT2D eigenvalue weighted by atomic mass is 9.77. The molecule has 30 heavy (non-hydrogen) atoms. The van der Waals surface area contributed by atoms with E-state index in [0.717, 1.165) is 12.8 Å². The molecule has 0 spiro atoms. The molecule has 0 bridgehead atoms. The summed E-state index contributed by atoms with van der Waals surface area (Å²) in [4.78, 5) is 29.4. The minimum absolute atomic E-state index is 0.0442. The Morgan fingerprint density at radius 2 is 1.90 bits per heavy atom. The Kier molecular flexibility index (Phi) is 6.35. The van der Waals surface area contributed by atoms with Crippen molar-refractivity contribution in [1.29, 1.82) is 0 Å². The summed E-state index contributed by atoms with van der Waals surface area (Å²) in [5.74, 6) is 0.164. The average Bonchev–Trinajstić information content (AvgIpc) is 3.29. The summed E-state index contributed by atoms with van der Waals surface area (Å²) in [7, 11) is 3.78. The summed E-state index contributed by atoms with van der Waals surface area (Å²) in [6.45, 7) is 2.76. The van der Waals surface area contributed by atoms with Crippen LogP contribution in [0.5, 0.6) is 0 Å². The number of fused-ring (bicyclic) bond motifs is 1. The zero-order valence-corrected chi connectivity index (χ0v) is 18.3. The van der Waals surface area contributed by atoms with E-state index >= 15 is 0 Å². The summed E-state index contributed by atoms with van der Waals surface area (Å²) < 4.78 is 28.9. The Labute approximate surface area is 178 Å². The van der Waals surface area contributed by atoms with Crippen molar-refractivity contribution in [3.05, 3.63) is 0 Å². The van der Waals surface area contributed by atoms with Gasteiger partial charge in [0.05, 0.1) is 12.1 Å². The lowest BCUT2D eigenvalue weighted by molar-refractivity contribution is -0.134. The molecular formula is C22H36F2N4O2. The molecule has 0 aromatic rings. The Balaban J connectivity index is 1.35. The third-order valence-corrected chi connectivity index (χ3v) is 7.90. The Bertz CT molecular complexity index is 645. The van der Waals surface area contributed by atoms with Crippen LogP contribution in [-0.2, 0) is 9.59 Å². The molecule has 2 amide bonds. The first-order chi connectivity index (χ1) is 14.2. The number of hydrogen-bond donors (Lipinski definition) is 2. The first-order valence-electron chi connectivity index (χ1n) is 11.6. The van der Waals surface area contributed by atoms with E-state index in [2.05, 4.69) is 17.6 Å². The highest BCUT2D eigenvalue weighted by atomic mass is 19.1. The highest BCUT2D eigenvalue weighted by Crippen LogP contribution is 2.39. The number of halogens is 2. The number of amides is 2. The topological polar surface area (TPSA) is 64.7 Å². The number of carbonyl (C=O) groups is 2. The van der Waals surface area contributed by atoms with Gasteiger partial charge in [0.25, 0.3) is 0 Å². The molecule has 2 saturated carbocycles. The van der Waals surface area contributed by atoms with E-state index in [1.165, 1.54) is 0 Å². The number of nitrogens with one attached hydrogen (secondary N) is 2. The summed E-state index contributed by atoms with van der Waals surface area (Å²) in [6.07, 6.45) is 2.00. The van der Waals surface area contributed by atoms with Gasteiger partial charge in [-0.05, 0) is 65.0 Å². The van der Waals surface area contributed by atoms with Crippen LogP contribution in [0.3, 0.4) is 0 Å². The van der Waals surface area contributed by atoms with Crippen molar-refractivity contribution in [2.45, 2.75) is 94.4 Å². The van der Waals surface area contributed by atoms with E-state index in [9.17, 15) is 18.4 Å². The fourth-order valence-corrected chi connectivity index (χ4v) is 6.22. The maximum Gasteiger partial charge on any atom is 0.240 e. The number of alkyl halides is 2. The van der Waals surface area contributed by atoms with Crippen LogP contribution in [0.4, 0.5) is 8.78 Å². The van der Waals surface area contributed by atoms with Crippen LogP contribution in [0.15, 0.2) is 0 Å².